The highest BCUT2D eigenvalue weighted by molar-refractivity contribution is 6.33. The van der Waals surface area contributed by atoms with E-state index < -0.39 is 11.6 Å². The molecule has 0 saturated carbocycles. The largest absolute Gasteiger partial charge is 0.377 e. The molecule has 2 aromatic rings. The van der Waals surface area contributed by atoms with Crippen LogP contribution in [0.15, 0.2) is 42.5 Å². The van der Waals surface area contributed by atoms with Crippen LogP contribution in [0.1, 0.15) is 18.5 Å². The van der Waals surface area contributed by atoms with Gasteiger partial charge in [0.2, 0.25) is 0 Å². The summed E-state index contributed by atoms with van der Waals surface area (Å²) in [6.45, 7) is 1.75. The van der Waals surface area contributed by atoms with Gasteiger partial charge in [-0.2, -0.15) is 0 Å². The smallest absolute Gasteiger partial charge is 0.128 e. The Morgan fingerprint density at radius 1 is 1.11 bits per heavy atom. The van der Waals surface area contributed by atoms with E-state index in [1.807, 2.05) is 6.07 Å². The molecule has 1 unspecified atom stereocenters. The summed E-state index contributed by atoms with van der Waals surface area (Å²) >= 11 is 6.00. The van der Waals surface area contributed by atoms with Crippen LogP contribution in [0.2, 0.25) is 5.02 Å². The van der Waals surface area contributed by atoms with Gasteiger partial charge in [0.25, 0.3) is 0 Å². The summed E-state index contributed by atoms with van der Waals surface area (Å²) in [5, 5.41) is 3.60. The Labute approximate surface area is 109 Å². The van der Waals surface area contributed by atoms with Gasteiger partial charge in [0.05, 0.1) is 16.8 Å². The normalized spacial score (nSPS) is 12.2. The fourth-order valence-corrected chi connectivity index (χ4v) is 1.93. The first-order valence-corrected chi connectivity index (χ1v) is 5.91. The molecule has 1 atom stereocenters. The summed E-state index contributed by atoms with van der Waals surface area (Å²) in [5.41, 5.74) is 0.963. The predicted octanol–water partition coefficient (Wildman–Crippen LogP) is 4.79. The summed E-state index contributed by atoms with van der Waals surface area (Å²) in [4.78, 5) is 0. The third-order valence-electron chi connectivity index (χ3n) is 2.67. The fourth-order valence-electron chi connectivity index (χ4n) is 1.74. The van der Waals surface area contributed by atoms with E-state index in [0.29, 0.717) is 10.7 Å². The molecule has 0 radical (unpaired) electrons. The molecule has 1 nitrogen and oxygen atoms in total. The molecule has 18 heavy (non-hydrogen) atoms. The Kier molecular flexibility index (Phi) is 3.82. The number of benzene rings is 2. The second-order valence-electron chi connectivity index (χ2n) is 4.01. The third kappa shape index (κ3) is 2.79. The van der Waals surface area contributed by atoms with Crippen LogP contribution in [0.25, 0.3) is 0 Å². The van der Waals surface area contributed by atoms with Crippen LogP contribution in [0.4, 0.5) is 14.5 Å². The molecule has 0 aromatic heterocycles. The topological polar surface area (TPSA) is 12.0 Å². The Morgan fingerprint density at radius 3 is 2.56 bits per heavy atom. The lowest BCUT2D eigenvalue weighted by Gasteiger charge is -2.17. The Hall–Kier alpha value is -1.61. The number of nitrogens with one attached hydrogen (secondary N) is 1. The van der Waals surface area contributed by atoms with Crippen LogP contribution in [-0.4, -0.2) is 0 Å². The summed E-state index contributed by atoms with van der Waals surface area (Å²) in [5.74, 6) is -0.900. The molecule has 2 rings (SSSR count). The van der Waals surface area contributed by atoms with E-state index in [0.717, 1.165) is 12.1 Å². The van der Waals surface area contributed by atoms with Gasteiger partial charge in [-0.25, -0.2) is 8.78 Å². The molecule has 0 heterocycles. The van der Waals surface area contributed by atoms with Crippen molar-refractivity contribution in [1.82, 2.24) is 0 Å². The second kappa shape index (κ2) is 5.36. The van der Waals surface area contributed by atoms with Gasteiger partial charge >= 0.3 is 0 Å². The van der Waals surface area contributed by atoms with Gasteiger partial charge in [0, 0.05) is 5.56 Å². The molecular weight excluding hydrogens is 256 g/mol. The minimum atomic E-state index is -0.459. The van der Waals surface area contributed by atoms with E-state index in [1.54, 1.807) is 25.1 Å². The summed E-state index contributed by atoms with van der Waals surface area (Å²) < 4.78 is 26.7. The number of anilines is 1. The summed E-state index contributed by atoms with van der Waals surface area (Å²) in [6.07, 6.45) is 0. The van der Waals surface area contributed by atoms with Crippen LogP contribution < -0.4 is 5.32 Å². The van der Waals surface area contributed by atoms with Gasteiger partial charge in [0.1, 0.15) is 11.6 Å². The molecule has 94 valence electrons. The lowest BCUT2D eigenvalue weighted by atomic mass is 10.1. The number of rotatable bonds is 3. The lowest BCUT2D eigenvalue weighted by Crippen LogP contribution is -2.09. The van der Waals surface area contributed by atoms with E-state index in [2.05, 4.69) is 5.32 Å². The van der Waals surface area contributed by atoms with E-state index in [1.165, 1.54) is 6.07 Å². The SMILES string of the molecule is CC(Nc1ccccc1Cl)c1cc(F)ccc1F. The number of hydrogen-bond acceptors (Lipinski definition) is 1. The Bertz CT molecular complexity index is 557. The molecule has 4 heteroatoms. The van der Waals surface area contributed by atoms with Gasteiger partial charge in [-0.1, -0.05) is 23.7 Å². The first-order chi connectivity index (χ1) is 8.58. The highest BCUT2D eigenvalue weighted by Crippen LogP contribution is 2.27. The molecule has 0 amide bonds. The van der Waals surface area contributed by atoms with Crippen molar-refractivity contribution in [2.75, 3.05) is 5.32 Å². The standard InChI is InChI=1S/C14H12ClF2N/c1-9(11-8-10(16)6-7-13(11)17)18-14-5-3-2-4-12(14)15/h2-9,18H,1H3. The molecule has 0 aliphatic rings. The average molecular weight is 268 g/mol. The van der Waals surface area contributed by atoms with E-state index in [9.17, 15) is 8.78 Å². The van der Waals surface area contributed by atoms with Crippen LogP contribution in [-0.2, 0) is 0 Å². The first-order valence-electron chi connectivity index (χ1n) is 5.54. The Morgan fingerprint density at radius 2 is 1.83 bits per heavy atom. The van der Waals surface area contributed by atoms with Crippen molar-refractivity contribution in [2.45, 2.75) is 13.0 Å². The van der Waals surface area contributed by atoms with Crippen molar-refractivity contribution in [3.05, 3.63) is 64.7 Å². The molecule has 0 aliphatic carbocycles. The number of halogens is 3. The van der Waals surface area contributed by atoms with Crippen LogP contribution in [0, 0.1) is 11.6 Å². The fraction of sp³-hybridized carbons (Fsp3) is 0.143. The molecule has 0 saturated heterocycles. The molecule has 0 fully saturated rings. The van der Waals surface area contributed by atoms with Gasteiger partial charge in [-0.15, -0.1) is 0 Å². The molecule has 0 spiro atoms. The van der Waals surface area contributed by atoms with E-state index in [-0.39, 0.29) is 11.6 Å². The Balaban J connectivity index is 2.25. The minimum Gasteiger partial charge on any atom is -0.377 e. The zero-order chi connectivity index (χ0) is 13.1. The van der Waals surface area contributed by atoms with Crippen molar-refractivity contribution in [2.24, 2.45) is 0 Å². The molecule has 0 aliphatic heterocycles. The third-order valence-corrected chi connectivity index (χ3v) is 3.00. The highest BCUT2D eigenvalue weighted by atomic mass is 35.5. The molecule has 0 bridgehead atoms. The summed E-state index contributed by atoms with van der Waals surface area (Å²) in [7, 11) is 0. The maximum absolute atomic E-state index is 13.6. The maximum atomic E-state index is 13.6. The van der Waals surface area contributed by atoms with Crippen molar-refractivity contribution in [3.8, 4) is 0 Å². The number of hydrogen-bond donors (Lipinski definition) is 1. The maximum Gasteiger partial charge on any atom is 0.128 e. The lowest BCUT2D eigenvalue weighted by molar-refractivity contribution is 0.577. The van der Waals surface area contributed by atoms with E-state index in [4.69, 9.17) is 11.6 Å². The van der Waals surface area contributed by atoms with Crippen molar-refractivity contribution < 1.29 is 8.78 Å². The number of para-hydroxylation sites is 1. The van der Waals surface area contributed by atoms with Crippen LogP contribution in [0.3, 0.4) is 0 Å². The minimum absolute atomic E-state index is 0.273. The predicted molar refractivity (Wildman–Crippen MR) is 69.8 cm³/mol. The van der Waals surface area contributed by atoms with Gasteiger partial charge < -0.3 is 5.32 Å². The van der Waals surface area contributed by atoms with Crippen molar-refractivity contribution >= 4 is 17.3 Å². The zero-order valence-electron chi connectivity index (χ0n) is 9.75. The summed E-state index contributed by atoms with van der Waals surface area (Å²) in [6, 6.07) is 10.2. The molecular formula is C14H12ClF2N. The van der Waals surface area contributed by atoms with Crippen LogP contribution in [0.5, 0.6) is 0 Å². The van der Waals surface area contributed by atoms with Crippen molar-refractivity contribution in [1.29, 1.82) is 0 Å². The highest BCUT2D eigenvalue weighted by Gasteiger charge is 2.12. The second-order valence-corrected chi connectivity index (χ2v) is 4.42. The van der Waals surface area contributed by atoms with E-state index >= 15 is 0 Å². The monoisotopic (exact) mass is 267 g/mol. The van der Waals surface area contributed by atoms with Crippen molar-refractivity contribution in [3.63, 3.8) is 0 Å². The quantitative estimate of drug-likeness (QED) is 0.843. The average Bonchev–Trinajstić information content (AvgIpc) is 2.35. The van der Waals surface area contributed by atoms with Gasteiger partial charge in [-0.3, -0.25) is 0 Å². The zero-order valence-corrected chi connectivity index (χ0v) is 10.5. The van der Waals surface area contributed by atoms with Crippen LogP contribution >= 0.6 is 11.6 Å². The first kappa shape index (κ1) is 12.8. The van der Waals surface area contributed by atoms with Gasteiger partial charge in [-0.05, 0) is 37.3 Å². The van der Waals surface area contributed by atoms with Gasteiger partial charge in [0.15, 0.2) is 0 Å². The molecule has 1 N–H and O–H groups in total. The molecule has 2 aromatic carbocycles.